The van der Waals surface area contributed by atoms with Gasteiger partial charge in [0.15, 0.2) is 0 Å². The van der Waals surface area contributed by atoms with Gasteiger partial charge in [0.2, 0.25) is 0 Å². The normalized spacial score (nSPS) is 11.8. The van der Waals surface area contributed by atoms with E-state index in [4.69, 9.17) is 4.42 Å². The van der Waals surface area contributed by atoms with Gasteiger partial charge < -0.3 is 20.2 Å². The van der Waals surface area contributed by atoms with Gasteiger partial charge in [-0.2, -0.15) is 0 Å². The van der Waals surface area contributed by atoms with E-state index >= 15 is 0 Å². The first-order valence-corrected chi connectivity index (χ1v) is 15.3. The van der Waals surface area contributed by atoms with Crippen molar-refractivity contribution in [2.45, 2.75) is 13.0 Å². The number of rotatable bonds is 12. The van der Waals surface area contributed by atoms with E-state index in [1.807, 2.05) is 104 Å². The molecule has 9 heteroatoms. The molecule has 3 heterocycles. The van der Waals surface area contributed by atoms with E-state index in [0.717, 1.165) is 64.1 Å². The maximum atomic E-state index is 12.7. The summed E-state index contributed by atoms with van der Waals surface area (Å²) in [6.45, 7) is 2.88. The van der Waals surface area contributed by atoms with E-state index in [1.165, 1.54) is 0 Å². The van der Waals surface area contributed by atoms with Crippen molar-refractivity contribution >= 4 is 28.3 Å². The maximum absolute atomic E-state index is 12.7. The van der Waals surface area contributed by atoms with Gasteiger partial charge in [-0.1, -0.05) is 18.2 Å². The first kappa shape index (κ1) is 30.5. The van der Waals surface area contributed by atoms with Gasteiger partial charge in [-0.25, -0.2) is 4.79 Å². The number of nitrogens with zero attached hydrogens (tertiary/aromatic N) is 4. The Labute approximate surface area is 267 Å². The SMILES string of the molecule is CN=c1ccc2c(-c3ccc(NCCN(CCc4ccccn4)Cc4ccccn4)cc3C(=O)O)c3ccc(NC)cc3oc-2c1. The Hall–Kier alpha value is -5.54. The van der Waals surface area contributed by atoms with E-state index in [9.17, 15) is 9.90 Å². The Balaban J connectivity index is 1.28. The number of carboxylic acid groups (broad SMARTS) is 1. The molecule has 0 spiro atoms. The highest BCUT2D eigenvalue weighted by Gasteiger charge is 2.22. The van der Waals surface area contributed by atoms with Crippen LogP contribution in [0, 0.1) is 0 Å². The lowest BCUT2D eigenvalue weighted by atomic mass is 9.90. The molecule has 232 valence electrons. The largest absolute Gasteiger partial charge is 0.478 e. The number of carboxylic acids is 1. The molecule has 0 saturated carbocycles. The van der Waals surface area contributed by atoms with E-state index in [1.54, 1.807) is 13.1 Å². The van der Waals surface area contributed by atoms with Crippen LogP contribution in [-0.4, -0.2) is 59.7 Å². The van der Waals surface area contributed by atoms with Crippen molar-refractivity contribution in [2.75, 3.05) is 44.4 Å². The maximum Gasteiger partial charge on any atom is 0.336 e. The molecule has 4 aromatic rings. The average molecular weight is 613 g/mol. The highest BCUT2D eigenvalue weighted by atomic mass is 16.4. The van der Waals surface area contributed by atoms with Gasteiger partial charge >= 0.3 is 5.97 Å². The van der Waals surface area contributed by atoms with Crippen molar-refractivity contribution in [1.82, 2.24) is 14.9 Å². The van der Waals surface area contributed by atoms with Crippen molar-refractivity contribution < 1.29 is 14.3 Å². The van der Waals surface area contributed by atoms with Crippen LogP contribution in [0.5, 0.6) is 0 Å². The summed E-state index contributed by atoms with van der Waals surface area (Å²) in [6.07, 6.45) is 4.45. The standard InChI is InChI=1S/C37H36N6O3/c1-38-26-9-13-31-34(22-26)46-35-23-27(39-2)10-14-32(35)36(31)30-12-11-28(21-33(30)37(44)45)42-18-20-43(24-29-8-4-6-17-41-29)19-15-25-7-3-5-16-40-25/h3-14,16-17,21-23,38,42H,15,18-20,24H2,1-2H3,(H,44,45). The summed E-state index contributed by atoms with van der Waals surface area (Å²) in [5.41, 5.74) is 6.78. The summed E-state index contributed by atoms with van der Waals surface area (Å²) in [5, 5.41) is 18.6. The molecule has 0 atom stereocenters. The third-order valence-corrected chi connectivity index (χ3v) is 8.05. The molecule has 0 unspecified atom stereocenters. The lowest BCUT2D eigenvalue weighted by molar-refractivity contribution is 0.0697. The van der Waals surface area contributed by atoms with Gasteiger partial charge in [-0.05, 0) is 66.2 Å². The van der Waals surface area contributed by atoms with E-state index in [0.29, 0.717) is 30.0 Å². The van der Waals surface area contributed by atoms with Gasteiger partial charge in [-0.15, -0.1) is 0 Å². The molecule has 3 N–H and O–H groups in total. The summed E-state index contributed by atoms with van der Waals surface area (Å²) in [7, 11) is 3.58. The third-order valence-electron chi connectivity index (χ3n) is 8.05. The van der Waals surface area contributed by atoms with Crippen LogP contribution in [0.3, 0.4) is 0 Å². The number of fused-ring (bicyclic) bond motifs is 2. The van der Waals surface area contributed by atoms with E-state index < -0.39 is 5.97 Å². The first-order chi connectivity index (χ1) is 22.5. The number of hydrogen-bond acceptors (Lipinski definition) is 8. The Morgan fingerprint density at radius 2 is 1.63 bits per heavy atom. The van der Waals surface area contributed by atoms with Crippen LogP contribution in [0.25, 0.3) is 33.4 Å². The van der Waals surface area contributed by atoms with Gasteiger partial charge in [0.1, 0.15) is 11.3 Å². The van der Waals surface area contributed by atoms with Crippen LogP contribution in [0.15, 0.2) is 113 Å². The summed E-state index contributed by atoms with van der Waals surface area (Å²) in [4.78, 5) is 28.3. The number of aromatic carboxylic acids is 1. The minimum Gasteiger partial charge on any atom is -0.478 e. The van der Waals surface area contributed by atoms with Crippen molar-refractivity contribution in [3.8, 4) is 22.5 Å². The predicted octanol–water partition coefficient (Wildman–Crippen LogP) is 6.42. The fraction of sp³-hybridized carbons (Fsp3) is 0.189. The molecule has 0 radical (unpaired) electrons. The molecule has 2 aromatic heterocycles. The van der Waals surface area contributed by atoms with Crippen molar-refractivity contribution in [1.29, 1.82) is 0 Å². The molecule has 46 heavy (non-hydrogen) atoms. The molecule has 0 saturated heterocycles. The fourth-order valence-corrected chi connectivity index (χ4v) is 5.68. The lowest BCUT2D eigenvalue weighted by Gasteiger charge is -2.22. The summed E-state index contributed by atoms with van der Waals surface area (Å²) in [6, 6.07) is 29.0. The predicted molar refractivity (Wildman–Crippen MR) is 182 cm³/mol. The number of carbonyl (C=O) groups is 1. The third kappa shape index (κ3) is 6.90. The zero-order valence-electron chi connectivity index (χ0n) is 25.9. The molecular formula is C37H36N6O3. The van der Waals surface area contributed by atoms with Crippen LogP contribution in [-0.2, 0) is 13.0 Å². The average Bonchev–Trinajstić information content (AvgIpc) is 3.09. The molecule has 0 fully saturated rings. The highest BCUT2D eigenvalue weighted by molar-refractivity contribution is 6.08. The smallest absolute Gasteiger partial charge is 0.336 e. The van der Waals surface area contributed by atoms with Crippen LogP contribution in [0.1, 0.15) is 21.7 Å². The topological polar surface area (TPSA) is 116 Å². The van der Waals surface area contributed by atoms with Crippen LogP contribution in [0.2, 0.25) is 0 Å². The van der Waals surface area contributed by atoms with Crippen LogP contribution >= 0.6 is 0 Å². The molecule has 0 amide bonds. The van der Waals surface area contributed by atoms with Gasteiger partial charge in [-0.3, -0.25) is 19.9 Å². The van der Waals surface area contributed by atoms with Crippen LogP contribution < -0.4 is 16.0 Å². The summed E-state index contributed by atoms with van der Waals surface area (Å²) >= 11 is 0. The van der Waals surface area contributed by atoms with Crippen molar-refractivity contribution in [3.63, 3.8) is 0 Å². The van der Waals surface area contributed by atoms with Crippen LogP contribution in [0.4, 0.5) is 11.4 Å². The first-order valence-electron chi connectivity index (χ1n) is 15.3. The molecular weight excluding hydrogens is 576 g/mol. The van der Waals surface area contributed by atoms with Crippen molar-refractivity contribution in [2.24, 2.45) is 4.99 Å². The Bertz CT molecular complexity index is 1990. The minimum atomic E-state index is -1.00. The van der Waals surface area contributed by atoms with Gasteiger partial charge in [0.05, 0.1) is 16.6 Å². The van der Waals surface area contributed by atoms with Gasteiger partial charge in [0.25, 0.3) is 0 Å². The second-order valence-corrected chi connectivity index (χ2v) is 11.0. The summed E-state index contributed by atoms with van der Waals surface area (Å²) in [5.74, 6) is -0.365. The number of pyridine rings is 2. The zero-order valence-corrected chi connectivity index (χ0v) is 25.9. The van der Waals surface area contributed by atoms with Crippen molar-refractivity contribution in [3.05, 3.63) is 126 Å². The van der Waals surface area contributed by atoms with Gasteiger partial charge in [0, 0.05) is 105 Å². The minimum absolute atomic E-state index is 0.209. The number of hydrogen-bond donors (Lipinski definition) is 3. The van der Waals surface area contributed by atoms with E-state index in [-0.39, 0.29) is 5.56 Å². The molecule has 6 rings (SSSR count). The highest BCUT2D eigenvalue weighted by Crippen LogP contribution is 2.42. The second kappa shape index (κ2) is 14.0. The zero-order chi connectivity index (χ0) is 31.9. The fourth-order valence-electron chi connectivity index (χ4n) is 5.68. The Morgan fingerprint density at radius 1 is 0.870 bits per heavy atom. The monoisotopic (exact) mass is 612 g/mol. The molecule has 9 nitrogen and oxygen atoms in total. The second-order valence-electron chi connectivity index (χ2n) is 11.0. The lowest BCUT2D eigenvalue weighted by Crippen LogP contribution is -2.31. The Kier molecular flexibility index (Phi) is 9.31. The number of aromatic nitrogens is 2. The molecule has 2 aliphatic rings. The molecule has 2 aromatic carbocycles. The summed E-state index contributed by atoms with van der Waals surface area (Å²) < 4.78 is 6.31. The molecule has 1 aliphatic heterocycles. The quantitative estimate of drug-likeness (QED) is 0.136. The molecule has 1 aliphatic carbocycles. The Morgan fingerprint density at radius 3 is 2.35 bits per heavy atom. The van der Waals surface area contributed by atoms with E-state index in [2.05, 4.69) is 30.5 Å². The number of benzene rings is 3. The number of nitrogens with one attached hydrogen (secondary N) is 2. The molecule has 0 bridgehead atoms. The number of anilines is 2.